The Bertz CT molecular complexity index is 267. The van der Waals surface area contributed by atoms with Gasteiger partial charge in [0.25, 0.3) is 0 Å². The molecule has 16 heavy (non-hydrogen) atoms. The first-order valence-corrected chi connectivity index (χ1v) is 6.51. The van der Waals surface area contributed by atoms with Crippen molar-refractivity contribution in [3.63, 3.8) is 0 Å². The lowest BCUT2D eigenvalue weighted by molar-refractivity contribution is -0.139. The van der Waals surface area contributed by atoms with E-state index in [0.29, 0.717) is 17.9 Å². The molecule has 3 heteroatoms. The minimum Gasteiger partial charge on any atom is -0.396 e. The van der Waals surface area contributed by atoms with Gasteiger partial charge < -0.3 is 10.0 Å². The Balaban J connectivity index is 2.03. The topological polar surface area (TPSA) is 40.5 Å². The SMILES string of the molecule is CC(C)N1CCC2(CCC(CO)CC2)C1=O. The Labute approximate surface area is 97.8 Å². The number of aliphatic hydroxyl groups excluding tert-OH is 1. The van der Waals surface area contributed by atoms with Gasteiger partial charge in [-0.3, -0.25) is 4.79 Å². The van der Waals surface area contributed by atoms with Crippen LogP contribution in [0.25, 0.3) is 0 Å². The van der Waals surface area contributed by atoms with E-state index >= 15 is 0 Å². The van der Waals surface area contributed by atoms with E-state index in [0.717, 1.165) is 38.6 Å². The number of likely N-dealkylation sites (tertiary alicyclic amines) is 1. The fraction of sp³-hybridized carbons (Fsp3) is 0.923. The predicted molar refractivity (Wildman–Crippen MR) is 62.9 cm³/mol. The maximum Gasteiger partial charge on any atom is 0.229 e. The number of aliphatic hydroxyl groups is 1. The average molecular weight is 225 g/mol. The van der Waals surface area contributed by atoms with Crippen molar-refractivity contribution < 1.29 is 9.90 Å². The van der Waals surface area contributed by atoms with Crippen LogP contribution in [0.5, 0.6) is 0 Å². The molecule has 1 N–H and O–H groups in total. The molecule has 0 aromatic carbocycles. The predicted octanol–water partition coefficient (Wildman–Crippen LogP) is 1.80. The smallest absolute Gasteiger partial charge is 0.229 e. The Hall–Kier alpha value is -0.570. The number of carbonyl (C=O) groups excluding carboxylic acids is 1. The van der Waals surface area contributed by atoms with Crippen LogP contribution in [0.15, 0.2) is 0 Å². The van der Waals surface area contributed by atoms with Crippen LogP contribution >= 0.6 is 0 Å². The molecule has 3 nitrogen and oxygen atoms in total. The maximum atomic E-state index is 12.4. The van der Waals surface area contributed by atoms with E-state index in [4.69, 9.17) is 5.11 Å². The monoisotopic (exact) mass is 225 g/mol. The van der Waals surface area contributed by atoms with Crippen LogP contribution in [-0.4, -0.2) is 35.1 Å². The molecule has 2 fully saturated rings. The van der Waals surface area contributed by atoms with Crippen molar-refractivity contribution in [1.82, 2.24) is 4.90 Å². The summed E-state index contributed by atoms with van der Waals surface area (Å²) in [5.41, 5.74) is -0.0596. The highest BCUT2D eigenvalue weighted by molar-refractivity contribution is 5.85. The lowest BCUT2D eigenvalue weighted by Gasteiger charge is -2.35. The summed E-state index contributed by atoms with van der Waals surface area (Å²) in [5.74, 6) is 0.811. The minimum absolute atomic E-state index is 0.0596. The number of hydrogen-bond donors (Lipinski definition) is 1. The zero-order valence-electron chi connectivity index (χ0n) is 10.4. The van der Waals surface area contributed by atoms with Gasteiger partial charge in [0, 0.05) is 19.2 Å². The second kappa shape index (κ2) is 4.36. The molecule has 0 bridgehead atoms. The normalized spacial score (nSPS) is 35.4. The number of rotatable bonds is 2. The van der Waals surface area contributed by atoms with Crippen LogP contribution < -0.4 is 0 Å². The van der Waals surface area contributed by atoms with E-state index < -0.39 is 0 Å². The molecule has 1 aliphatic carbocycles. The van der Waals surface area contributed by atoms with Crippen LogP contribution in [0.3, 0.4) is 0 Å². The van der Waals surface area contributed by atoms with Gasteiger partial charge in [0.2, 0.25) is 5.91 Å². The molecule has 1 amide bonds. The van der Waals surface area contributed by atoms with Crippen LogP contribution in [0.2, 0.25) is 0 Å². The molecule has 0 aromatic rings. The summed E-state index contributed by atoms with van der Waals surface area (Å²) >= 11 is 0. The van der Waals surface area contributed by atoms with Crippen LogP contribution in [0.4, 0.5) is 0 Å². The second-order valence-corrected chi connectivity index (χ2v) is 5.75. The molecule has 0 aromatic heterocycles. The molecule has 1 spiro atoms. The van der Waals surface area contributed by atoms with E-state index in [1.807, 2.05) is 4.90 Å². The summed E-state index contributed by atoms with van der Waals surface area (Å²) in [5, 5.41) is 9.13. The summed E-state index contributed by atoms with van der Waals surface area (Å²) in [7, 11) is 0. The molecule has 92 valence electrons. The van der Waals surface area contributed by atoms with Gasteiger partial charge in [-0.2, -0.15) is 0 Å². The van der Waals surface area contributed by atoms with Crippen molar-refractivity contribution in [2.75, 3.05) is 13.2 Å². The van der Waals surface area contributed by atoms with Gasteiger partial charge in [-0.15, -0.1) is 0 Å². The Morgan fingerprint density at radius 2 is 2.00 bits per heavy atom. The zero-order chi connectivity index (χ0) is 11.8. The van der Waals surface area contributed by atoms with Gasteiger partial charge >= 0.3 is 0 Å². The van der Waals surface area contributed by atoms with Gasteiger partial charge in [0.15, 0.2) is 0 Å². The molecule has 1 aliphatic heterocycles. The van der Waals surface area contributed by atoms with Gasteiger partial charge in [-0.05, 0) is 51.9 Å². The molecule has 2 aliphatic rings. The number of carbonyl (C=O) groups is 1. The number of nitrogens with zero attached hydrogens (tertiary/aromatic N) is 1. The first-order chi connectivity index (χ1) is 7.59. The van der Waals surface area contributed by atoms with Gasteiger partial charge in [-0.1, -0.05) is 0 Å². The van der Waals surface area contributed by atoms with E-state index in [-0.39, 0.29) is 12.0 Å². The standard InChI is InChI=1S/C13H23NO2/c1-10(2)14-8-7-13(12(14)16)5-3-11(9-15)4-6-13/h10-11,15H,3-9H2,1-2H3. The van der Waals surface area contributed by atoms with E-state index in [1.165, 1.54) is 0 Å². The van der Waals surface area contributed by atoms with Crippen molar-refractivity contribution in [2.24, 2.45) is 11.3 Å². The van der Waals surface area contributed by atoms with Crippen molar-refractivity contribution in [3.05, 3.63) is 0 Å². The summed E-state index contributed by atoms with van der Waals surface area (Å²) in [6, 6.07) is 0.336. The molecule has 0 atom stereocenters. The van der Waals surface area contributed by atoms with Crippen LogP contribution in [0.1, 0.15) is 46.0 Å². The Morgan fingerprint density at radius 3 is 2.44 bits per heavy atom. The zero-order valence-corrected chi connectivity index (χ0v) is 10.4. The molecular formula is C13H23NO2. The lowest BCUT2D eigenvalue weighted by atomic mass is 9.69. The van der Waals surface area contributed by atoms with E-state index in [9.17, 15) is 4.79 Å². The quantitative estimate of drug-likeness (QED) is 0.778. The highest BCUT2D eigenvalue weighted by Crippen LogP contribution is 2.46. The van der Waals surface area contributed by atoms with Crippen molar-refractivity contribution in [3.8, 4) is 0 Å². The fourth-order valence-electron chi connectivity index (χ4n) is 3.22. The summed E-state index contributed by atoms with van der Waals surface area (Å²) < 4.78 is 0. The third-order valence-electron chi connectivity index (χ3n) is 4.49. The number of amides is 1. The highest BCUT2D eigenvalue weighted by atomic mass is 16.3. The summed E-state index contributed by atoms with van der Waals surface area (Å²) in [4.78, 5) is 14.4. The maximum absolute atomic E-state index is 12.4. The van der Waals surface area contributed by atoms with Crippen molar-refractivity contribution >= 4 is 5.91 Å². The second-order valence-electron chi connectivity index (χ2n) is 5.75. The van der Waals surface area contributed by atoms with Crippen molar-refractivity contribution in [2.45, 2.75) is 52.0 Å². The van der Waals surface area contributed by atoms with Crippen molar-refractivity contribution in [1.29, 1.82) is 0 Å². The van der Waals surface area contributed by atoms with Crippen LogP contribution in [0, 0.1) is 11.3 Å². The fourth-order valence-corrected chi connectivity index (χ4v) is 3.22. The lowest BCUT2D eigenvalue weighted by Crippen LogP contribution is -2.40. The molecule has 2 rings (SSSR count). The molecule has 0 radical (unpaired) electrons. The van der Waals surface area contributed by atoms with Gasteiger partial charge in [0.05, 0.1) is 5.41 Å². The molecule has 1 saturated carbocycles. The molecule has 1 heterocycles. The highest BCUT2D eigenvalue weighted by Gasteiger charge is 2.48. The molecule has 0 unspecified atom stereocenters. The first-order valence-electron chi connectivity index (χ1n) is 6.51. The minimum atomic E-state index is -0.0596. The first kappa shape index (κ1) is 11.9. The summed E-state index contributed by atoms with van der Waals surface area (Å²) in [6.07, 6.45) is 5.05. The third kappa shape index (κ3) is 1.86. The Morgan fingerprint density at radius 1 is 1.38 bits per heavy atom. The summed E-state index contributed by atoms with van der Waals surface area (Å²) in [6.45, 7) is 5.41. The average Bonchev–Trinajstić information content (AvgIpc) is 2.58. The van der Waals surface area contributed by atoms with E-state index in [1.54, 1.807) is 0 Å². The van der Waals surface area contributed by atoms with Crippen LogP contribution in [-0.2, 0) is 4.79 Å². The van der Waals surface area contributed by atoms with Gasteiger partial charge in [-0.25, -0.2) is 0 Å². The van der Waals surface area contributed by atoms with Gasteiger partial charge in [0.1, 0.15) is 0 Å². The molecule has 1 saturated heterocycles. The largest absolute Gasteiger partial charge is 0.396 e. The number of hydrogen-bond acceptors (Lipinski definition) is 2. The Kier molecular flexibility index (Phi) is 3.24. The van der Waals surface area contributed by atoms with E-state index in [2.05, 4.69) is 13.8 Å². The molecular weight excluding hydrogens is 202 g/mol. The third-order valence-corrected chi connectivity index (χ3v) is 4.49.